The van der Waals surface area contributed by atoms with Crippen LogP contribution in [0.5, 0.6) is 5.75 Å². The number of rotatable bonds is 8. The first-order valence-corrected chi connectivity index (χ1v) is 10.7. The minimum absolute atomic E-state index is 0. The molecule has 2 saturated heterocycles. The number of aliphatic imine (C=N–C) groups is 1. The Balaban J connectivity index is 0.00000363. The summed E-state index contributed by atoms with van der Waals surface area (Å²) in [5.41, 5.74) is 0.931. The summed E-state index contributed by atoms with van der Waals surface area (Å²) in [5, 5.41) is 9.16. The summed E-state index contributed by atoms with van der Waals surface area (Å²) < 4.78 is 18.9. The average molecular weight is 562 g/mol. The molecule has 3 amide bonds. The molecular formula is C21H32FIN6O3. The van der Waals surface area contributed by atoms with Gasteiger partial charge in [-0.3, -0.25) is 19.6 Å². The van der Waals surface area contributed by atoms with Gasteiger partial charge in [0.2, 0.25) is 5.91 Å². The molecule has 2 aliphatic heterocycles. The van der Waals surface area contributed by atoms with Gasteiger partial charge in [-0.25, -0.2) is 9.18 Å². The van der Waals surface area contributed by atoms with Gasteiger partial charge in [0.25, 0.3) is 0 Å². The summed E-state index contributed by atoms with van der Waals surface area (Å²) in [4.78, 5) is 31.2. The second kappa shape index (κ2) is 12.8. The van der Waals surface area contributed by atoms with Gasteiger partial charge in [0.05, 0.1) is 26.7 Å². The third-order valence-corrected chi connectivity index (χ3v) is 5.43. The number of methoxy groups -OCH3 is 1. The van der Waals surface area contributed by atoms with E-state index < -0.39 is 0 Å². The number of piperidine rings is 1. The first kappa shape index (κ1) is 26.1. The van der Waals surface area contributed by atoms with E-state index in [2.05, 4.69) is 25.8 Å². The van der Waals surface area contributed by atoms with Gasteiger partial charge >= 0.3 is 6.03 Å². The Morgan fingerprint density at radius 1 is 1.31 bits per heavy atom. The Bertz CT molecular complexity index is 801. The lowest BCUT2D eigenvalue weighted by atomic mass is 10.0. The monoisotopic (exact) mass is 562 g/mol. The van der Waals surface area contributed by atoms with Gasteiger partial charge in [0.1, 0.15) is 0 Å². The number of amides is 3. The van der Waals surface area contributed by atoms with Crippen molar-refractivity contribution in [3.05, 3.63) is 29.6 Å². The van der Waals surface area contributed by atoms with Gasteiger partial charge in [-0.2, -0.15) is 0 Å². The highest BCUT2D eigenvalue weighted by atomic mass is 127. The van der Waals surface area contributed by atoms with Crippen molar-refractivity contribution in [1.29, 1.82) is 0 Å². The number of nitrogens with one attached hydrogen (secondary N) is 3. The third kappa shape index (κ3) is 7.19. The van der Waals surface area contributed by atoms with E-state index in [0.717, 1.165) is 38.0 Å². The van der Waals surface area contributed by atoms with Gasteiger partial charge in [-0.15, -0.1) is 24.0 Å². The van der Waals surface area contributed by atoms with Crippen LogP contribution in [0.15, 0.2) is 23.2 Å². The summed E-state index contributed by atoms with van der Waals surface area (Å²) in [6, 6.07) is 5.01. The Morgan fingerprint density at radius 3 is 2.66 bits per heavy atom. The molecule has 9 nitrogen and oxygen atoms in total. The van der Waals surface area contributed by atoms with E-state index in [1.54, 1.807) is 6.07 Å². The van der Waals surface area contributed by atoms with Gasteiger partial charge in [0.15, 0.2) is 17.5 Å². The van der Waals surface area contributed by atoms with Crippen LogP contribution in [0.2, 0.25) is 0 Å². The van der Waals surface area contributed by atoms with Crippen LogP contribution >= 0.6 is 24.0 Å². The minimum atomic E-state index is -0.359. The van der Waals surface area contributed by atoms with Crippen molar-refractivity contribution in [2.75, 3.05) is 46.4 Å². The van der Waals surface area contributed by atoms with E-state index in [9.17, 15) is 14.0 Å². The van der Waals surface area contributed by atoms with Crippen molar-refractivity contribution in [3.63, 3.8) is 0 Å². The van der Waals surface area contributed by atoms with E-state index in [0.29, 0.717) is 19.0 Å². The number of guanidine groups is 1. The summed E-state index contributed by atoms with van der Waals surface area (Å²) in [6.07, 6.45) is 1.88. The number of nitrogens with zero attached hydrogens (tertiary/aromatic N) is 3. The van der Waals surface area contributed by atoms with E-state index >= 15 is 0 Å². The molecule has 32 heavy (non-hydrogen) atoms. The minimum Gasteiger partial charge on any atom is -0.494 e. The van der Waals surface area contributed by atoms with Crippen molar-refractivity contribution in [3.8, 4) is 5.75 Å². The highest BCUT2D eigenvalue weighted by molar-refractivity contribution is 14.0. The number of likely N-dealkylation sites (tertiary alicyclic amines) is 1. The molecule has 2 aliphatic rings. The fourth-order valence-corrected chi connectivity index (χ4v) is 3.76. The number of halogens is 2. The maximum atomic E-state index is 13.9. The van der Waals surface area contributed by atoms with Crippen molar-refractivity contribution in [2.24, 2.45) is 4.99 Å². The van der Waals surface area contributed by atoms with E-state index in [1.807, 2.05) is 13.0 Å². The molecule has 178 valence electrons. The molecule has 1 aromatic carbocycles. The molecule has 2 heterocycles. The van der Waals surface area contributed by atoms with Crippen LogP contribution in [0.1, 0.15) is 25.3 Å². The molecule has 0 aliphatic carbocycles. The molecule has 3 N–H and O–H groups in total. The fraction of sp³-hybridized carbons (Fsp3) is 0.571. The lowest BCUT2D eigenvalue weighted by Crippen LogP contribution is -2.48. The largest absolute Gasteiger partial charge is 0.494 e. The van der Waals surface area contributed by atoms with E-state index in [1.165, 1.54) is 18.1 Å². The highest BCUT2D eigenvalue weighted by Crippen LogP contribution is 2.20. The number of urea groups is 1. The summed E-state index contributed by atoms with van der Waals surface area (Å²) in [6.45, 7) is 5.87. The van der Waals surface area contributed by atoms with Crippen molar-refractivity contribution in [2.45, 2.75) is 32.4 Å². The number of benzene rings is 1. The quantitative estimate of drug-likeness (QED) is 0.193. The topological polar surface area (TPSA) is 98.3 Å². The highest BCUT2D eigenvalue weighted by Gasteiger charge is 2.27. The van der Waals surface area contributed by atoms with E-state index in [4.69, 9.17) is 4.74 Å². The molecule has 2 fully saturated rings. The Kier molecular flexibility index (Phi) is 10.4. The molecular weight excluding hydrogens is 530 g/mol. The first-order chi connectivity index (χ1) is 15.0. The average Bonchev–Trinajstić information content (AvgIpc) is 3.07. The van der Waals surface area contributed by atoms with Crippen LogP contribution in [0.4, 0.5) is 9.18 Å². The predicted octanol–water partition coefficient (Wildman–Crippen LogP) is 1.52. The maximum Gasteiger partial charge on any atom is 0.324 e. The summed E-state index contributed by atoms with van der Waals surface area (Å²) in [5.74, 6) is 0.389. The number of ether oxygens (including phenoxy) is 1. The van der Waals surface area contributed by atoms with Crippen LogP contribution in [-0.2, 0) is 11.3 Å². The van der Waals surface area contributed by atoms with Gasteiger partial charge < -0.3 is 20.7 Å². The third-order valence-electron chi connectivity index (χ3n) is 5.43. The molecule has 0 aromatic heterocycles. The number of hydrogen-bond acceptors (Lipinski definition) is 5. The zero-order valence-corrected chi connectivity index (χ0v) is 20.9. The van der Waals surface area contributed by atoms with Crippen LogP contribution in [0.25, 0.3) is 0 Å². The summed E-state index contributed by atoms with van der Waals surface area (Å²) >= 11 is 0. The molecule has 0 bridgehead atoms. The lowest BCUT2D eigenvalue weighted by Gasteiger charge is -2.33. The Hall–Kier alpha value is -2.15. The smallest absolute Gasteiger partial charge is 0.324 e. The molecule has 0 saturated carbocycles. The standard InChI is InChI=1S/C21H31FN6O3.HI/c1-3-23-20(24-8-11-28-19(29)13-25-21(28)30)26-16-6-9-27(10-7-16)14-15-4-5-18(31-2)17(22)12-15;/h4-5,12,16H,3,6-11,13-14H2,1-2H3,(H,25,30)(H2,23,24,26);1H. The van der Waals surface area contributed by atoms with Crippen LogP contribution in [0, 0.1) is 5.82 Å². The van der Waals surface area contributed by atoms with Gasteiger partial charge in [-0.05, 0) is 37.5 Å². The van der Waals surface area contributed by atoms with Crippen molar-refractivity contribution < 1.29 is 18.7 Å². The van der Waals surface area contributed by atoms with Crippen molar-refractivity contribution in [1.82, 2.24) is 25.8 Å². The second-order valence-corrected chi connectivity index (χ2v) is 7.63. The zero-order chi connectivity index (χ0) is 22.2. The molecule has 1 aromatic rings. The maximum absolute atomic E-state index is 13.9. The second-order valence-electron chi connectivity index (χ2n) is 7.63. The normalized spacial score (nSPS) is 17.7. The first-order valence-electron chi connectivity index (χ1n) is 10.7. The number of carbonyl (C=O) groups excluding carboxylic acids is 2. The van der Waals surface area contributed by atoms with Crippen LogP contribution in [0.3, 0.4) is 0 Å². The van der Waals surface area contributed by atoms with Crippen LogP contribution < -0.4 is 20.7 Å². The number of hydrogen-bond donors (Lipinski definition) is 3. The van der Waals surface area contributed by atoms with Crippen LogP contribution in [-0.4, -0.2) is 80.1 Å². The van der Waals surface area contributed by atoms with Gasteiger partial charge in [-0.1, -0.05) is 6.07 Å². The van der Waals surface area contributed by atoms with Gasteiger partial charge in [0, 0.05) is 32.2 Å². The Morgan fingerprint density at radius 2 is 2.06 bits per heavy atom. The molecule has 0 spiro atoms. The molecule has 0 radical (unpaired) electrons. The molecule has 11 heteroatoms. The summed E-state index contributed by atoms with van der Waals surface area (Å²) in [7, 11) is 1.46. The predicted molar refractivity (Wildman–Crippen MR) is 131 cm³/mol. The molecule has 0 atom stereocenters. The lowest BCUT2D eigenvalue weighted by molar-refractivity contribution is -0.124. The van der Waals surface area contributed by atoms with Crippen molar-refractivity contribution >= 4 is 41.9 Å². The zero-order valence-electron chi connectivity index (χ0n) is 18.5. The number of imide groups is 1. The van der Waals surface area contributed by atoms with E-state index in [-0.39, 0.29) is 66.6 Å². The SMILES string of the molecule is CCNC(=NCCN1C(=O)CNC1=O)NC1CCN(Cc2ccc(OC)c(F)c2)CC1.I. The number of carbonyl (C=O) groups is 2. The Labute approximate surface area is 205 Å². The molecule has 0 unspecified atom stereocenters. The molecule has 3 rings (SSSR count). The fourth-order valence-electron chi connectivity index (χ4n) is 3.76.